The predicted octanol–water partition coefficient (Wildman–Crippen LogP) is 4.92. The summed E-state index contributed by atoms with van der Waals surface area (Å²) in [5, 5.41) is 3.85. The fraction of sp³-hybridized carbons (Fsp3) is 0.520. The highest BCUT2D eigenvalue weighted by Crippen LogP contribution is 2.43. The van der Waals surface area contributed by atoms with Gasteiger partial charge in [-0.15, -0.1) is 18.2 Å². The largest absolute Gasteiger partial charge is 0.497 e. The van der Waals surface area contributed by atoms with Gasteiger partial charge in [0.2, 0.25) is 0 Å². The summed E-state index contributed by atoms with van der Waals surface area (Å²) in [6.45, 7) is 9.73. The summed E-state index contributed by atoms with van der Waals surface area (Å²) in [5.74, 6) is 2.08. The average Bonchev–Trinajstić information content (AvgIpc) is 2.81. The SMILES string of the molecule is C=C[C@H]1CN2CC[C@H]1C[C@H]2[C@H](OC(=O)NC(C)(C)CCl)c1ccnc2ccc(OC)cc12. The van der Waals surface area contributed by atoms with Crippen molar-refractivity contribution in [2.45, 2.75) is 44.4 Å². The molecule has 3 aliphatic heterocycles. The van der Waals surface area contributed by atoms with E-state index in [1.807, 2.05) is 38.1 Å². The van der Waals surface area contributed by atoms with Crippen molar-refractivity contribution >= 4 is 28.6 Å². The molecule has 1 N–H and O–H groups in total. The molecule has 3 aliphatic rings. The lowest BCUT2D eigenvalue weighted by Gasteiger charge is -2.51. The highest BCUT2D eigenvalue weighted by Gasteiger charge is 2.44. The van der Waals surface area contributed by atoms with Crippen LogP contribution < -0.4 is 10.1 Å². The zero-order chi connectivity index (χ0) is 22.9. The van der Waals surface area contributed by atoms with E-state index in [0.717, 1.165) is 48.1 Å². The maximum atomic E-state index is 13.0. The van der Waals surface area contributed by atoms with Gasteiger partial charge in [0.15, 0.2) is 0 Å². The average molecular weight is 458 g/mol. The molecule has 5 rings (SSSR count). The third-order valence-corrected chi connectivity index (χ3v) is 7.47. The molecular weight excluding hydrogens is 426 g/mol. The van der Waals surface area contributed by atoms with Crippen molar-refractivity contribution in [2.24, 2.45) is 11.8 Å². The zero-order valence-electron chi connectivity index (χ0n) is 19.0. The number of nitrogens with zero attached hydrogens (tertiary/aromatic N) is 2. The molecule has 2 aromatic rings. The fourth-order valence-corrected chi connectivity index (χ4v) is 5.08. The summed E-state index contributed by atoms with van der Waals surface area (Å²) in [5.41, 5.74) is 1.23. The number of aromatic nitrogens is 1. The molecule has 1 amide bonds. The Hall–Kier alpha value is -2.31. The van der Waals surface area contributed by atoms with Crippen molar-refractivity contribution in [2.75, 3.05) is 26.1 Å². The number of ether oxygens (including phenoxy) is 2. The maximum absolute atomic E-state index is 13.0. The van der Waals surface area contributed by atoms with Gasteiger partial charge in [-0.3, -0.25) is 9.88 Å². The highest BCUT2D eigenvalue weighted by atomic mass is 35.5. The Balaban J connectivity index is 1.73. The summed E-state index contributed by atoms with van der Waals surface area (Å²) in [6.07, 6.45) is 5.07. The molecule has 32 heavy (non-hydrogen) atoms. The molecule has 1 aromatic carbocycles. The van der Waals surface area contributed by atoms with Gasteiger partial charge in [-0.1, -0.05) is 6.08 Å². The van der Waals surface area contributed by atoms with E-state index in [1.54, 1.807) is 13.3 Å². The van der Waals surface area contributed by atoms with Gasteiger partial charge < -0.3 is 14.8 Å². The number of nitrogens with one attached hydrogen (secondary N) is 1. The van der Waals surface area contributed by atoms with Gasteiger partial charge in [0.25, 0.3) is 0 Å². The van der Waals surface area contributed by atoms with E-state index < -0.39 is 17.7 Å². The number of hydrogen-bond acceptors (Lipinski definition) is 5. The van der Waals surface area contributed by atoms with Crippen LogP contribution in [0.3, 0.4) is 0 Å². The number of carbonyl (C=O) groups excluding carboxylic acids is 1. The second-order valence-electron chi connectivity index (χ2n) is 9.50. The van der Waals surface area contributed by atoms with Crippen LogP contribution >= 0.6 is 11.6 Å². The summed E-state index contributed by atoms with van der Waals surface area (Å²) < 4.78 is 11.6. The summed E-state index contributed by atoms with van der Waals surface area (Å²) >= 11 is 6.02. The summed E-state index contributed by atoms with van der Waals surface area (Å²) in [7, 11) is 1.65. The van der Waals surface area contributed by atoms with E-state index in [4.69, 9.17) is 21.1 Å². The van der Waals surface area contributed by atoms with E-state index in [2.05, 4.69) is 27.9 Å². The molecular formula is C25H32ClN3O3. The molecule has 0 saturated carbocycles. The van der Waals surface area contributed by atoms with Crippen LogP contribution in [0.15, 0.2) is 43.1 Å². The number of carbonyl (C=O) groups is 1. The minimum Gasteiger partial charge on any atom is -0.497 e. The van der Waals surface area contributed by atoms with Crippen LogP contribution in [0.2, 0.25) is 0 Å². The van der Waals surface area contributed by atoms with E-state index in [0.29, 0.717) is 17.7 Å². The lowest BCUT2D eigenvalue weighted by molar-refractivity contribution is -0.0506. The van der Waals surface area contributed by atoms with E-state index in [1.165, 1.54) is 0 Å². The summed E-state index contributed by atoms with van der Waals surface area (Å²) in [4.78, 5) is 19.9. The van der Waals surface area contributed by atoms with Crippen LogP contribution in [0.1, 0.15) is 38.4 Å². The van der Waals surface area contributed by atoms with Crippen LogP contribution in [0.5, 0.6) is 5.75 Å². The van der Waals surface area contributed by atoms with Crippen molar-refractivity contribution < 1.29 is 14.3 Å². The van der Waals surface area contributed by atoms with Gasteiger partial charge in [0.05, 0.1) is 24.2 Å². The van der Waals surface area contributed by atoms with Crippen LogP contribution in [0.4, 0.5) is 4.79 Å². The first kappa shape index (κ1) is 22.9. The van der Waals surface area contributed by atoms with Crippen molar-refractivity contribution in [3.05, 3.63) is 48.7 Å². The van der Waals surface area contributed by atoms with Crippen LogP contribution in [-0.2, 0) is 4.74 Å². The Bertz CT molecular complexity index is 996. The normalized spacial score (nSPS) is 25.9. The molecule has 0 spiro atoms. The van der Waals surface area contributed by atoms with Gasteiger partial charge in [0, 0.05) is 29.6 Å². The lowest BCUT2D eigenvalue weighted by atomic mass is 9.73. The van der Waals surface area contributed by atoms with Crippen LogP contribution in [0, 0.1) is 11.8 Å². The Morgan fingerprint density at radius 1 is 1.44 bits per heavy atom. The first-order valence-electron chi connectivity index (χ1n) is 11.2. The van der Waals surface area contributed by atoms with Crippen molar-refractivity contribution in [1.82, 2.24) is 15.2 Å². The number of amides is 1. The van der Waals surface area contributed by atoms with Gasteiger partial charge >= 0.3 is 6.09 Å². The molecule has 6 nitrogen and oxygen atoms in total. The zero-order valence-corrected chi connectivity index (χ0v) is 19.8. The molecule has 7 heteroatoms. The second kappa shape index (κ2) is 9.28. The quantitative estimate of drug-likeness (QED) is 0.472. The van der Waals surface area contributed by atoms with Crippen LogP contribution in [-0.4, -0.2) is 53.6 Å². The number of rotatable bonds is 7. The number of pyridine rings is 1. The minimum absolute atomic E-state index is 0.0895. The monoisotopic (exact) mass is 457 g/mol. The Morgan fingerprint density at radius 3 is 2.91 bits per heavy atom. The lowest BCUT2D eigenvalue weighted by Crippen LogP contribution is -2.56. The molecule has 0 aliphatic carbocycles. The first-order valence-corrected chi connectivity index (χ1v) is 11.7. The Labute approximate surface area is 194 Å². The number of piperidine rings is 3. The van der Waals surface area contributed by atoms with E-state index in [-0.39, 0.29) is 6.04 Å². The molecule has 3 saturated heterocycles. The molecule has 172 valence electrons. The molecule has 1 aromatic heterocycles. The summed E-state index contributed by atoms with van der Waals surface area (Å²) in [6, 6.07) is 7.85. The number of alkyl carbamates (subject to hydrolysis) is 1. The third-order valence-electron chi connectivity index (χ3n) is 6.80. The smallest absolute Gasteiger partial charge is 0.408 e. The van der Waals surface area contributed by atoms with Gasteiger partial charge in [0.1, 0.15) is 11.9 Å². The topological polar surface area (TPSA) is 63.7 Å². The van der Waals surface area contributed by atoms with Crippen molar-refractivity contribution in [3.8, 4) is 5.75 Å². The molecule has 4 heterocycles. The second-order valence-corrected chi connectivity index (χ2v) is 9.77. The number of hydrogen-bond donors (Lipinski definition) is 1. The van der Waals surface area contributed by atoms with Gasteiger partial charge in [-0.25, -0.2) is 4.79 Å². The van der Waals surface area contributed by atoms with E-state index in [9.17, 15) is 4.79 Å². The molecule has 1 unspecified atom stereocenters. The number of alkyl halides is 1. The third kappa shape index (κ3) is 4.57. The van der Waals surface area contributed by atoms with E-state index >= 15 is 0 Å². The maximum Gasteiger partial charge on any atom is 0.408 e. The first-order chi connectivity index (χ1) is 15.3. The molecule has 3 fully saturated rings. The minimum atomic E-state index is -0.563. The van der Waals surface area contributed by atoms with Gasteiger partial charge in [-0.2, -0.15) is 0 Å². The number of methoxy groups -OCH3 is 1. The number of fused-ring (bicyclic) bond motifs is 4. The Kier molecular flexibility index (Phi) is 6.63. The number of halogens is 1. The van der Waals surface area contributed by atoms with Gasteiger partial charge in [-0.05, 0) is 69.3 Å². The standard InChI is InChI=1S/C25H32ClN3O3/c1-5-16-14-29-11-9-17(16)12-22(29)23(32-24(30)28-25(2,3)15-26)19-8-10-27-21-7-6-18(31-4)13-20(19)21/h5-8,10,13,16-17,22-23H,1,9,11-12,14-15H2,2-4H3,(H,28,30)/t16-,17-,22-,23+/m0/s1. The van der Waals surface area contributed by atoms with Crippen LogP contribution in [0.25, 0.3) is 10.9 Å². The molecule has 5 atom stereocenters. The highest BCUT2D eigenvalue weighted by molar-refractivity contribution is 6.18. The predicted molar refractivity (Wildman–Crippen MR) is 127 cm³/mol. The number of benzene rings is 1. The van der Waals surface area contributed by atoms with Crippen molar-refractivity contribution in [1.29, 1.82) is 0 Å². The fourth-order valence-electron chi connectivity index (χ4n) is 5.02. The molecule has 0 radical (unpaired) electrons. The molecule has 2 bridgehead atoms. The van der Waals surface area contributed by atoms with Crippen molar-refractivity contribution in [3.63, 3.8) is 0 Å². The Morgan fingerprint density at radius 2 is 2.25 bits per heavy atom.